The van der Waals surface area contributed by atoms with Gasteiger partial charge in [0.1, 0.15) is 0 Å². The third kappa shape index (κ3) is 3.62. The van der Waals surface area contributed by atoms with Gasteiger partial charge in [0.15, 0.2) is 6.10 Å². The normalized spacial score (nSPS) is 34.0. The molecular weight excluding hydrogens is 260 g/mol. The van der Waals surface area contributed by atoms with Crippen LogP contribution in [0.25, 0.3) is 0 Å². The molecule has 6 heteroatoms. The van der Waals surface area contributed by atoms with Crippen molar-refractivity contribution in [2.24, 2.45) is 11.8 Å². The predicted octanol–water partition coefficient (Wildman–Crippen LogP) is 1.31. The molecule has 2 aliphatic rings. The van der Waals surface area contributed by atoms with Crippen molar-refractivity contribution < 1.29 is 19.4 Å². The van der Waals surface area contributed by atoms with Crippen molar-refractivity contribution in [1.29, 1.82) is 0 Å². The van der Waals surface area contributed by atoms with E-state index in [-0.39, 0.29) is 12.1 Å². The molecule has 2 N–H and O–H groups in total. The first kappa shape index (κ1) is 15.1. The van der Waals surface area contributed by atoms with E-state index in [2.05, 4.69) is 19.2 Å². The van der Waals surface area contributed by atoms with Crippen LogP contribution in [0.4, 0.5) is 4.79 Å². The summed E-state index contributed by atoms with van der Waals surface area (Å²) in [6, 6.07) is -0.0638. The van der Waals surface area contributed by atoms with E-state index in [1.54, 1.807) is 0 Å². The van der Waals surface area contributed by atoms with Crippen molar-refractivity contribution in [3.63, 3.8) is 0 Å². The molecule has 0 saturated carbocycles. The number of urea groups is 1. The number of ether oxygens (including phenoxy) is 1. The second-order valence-corrected chi connectivity index (χ2v) is 6.04. The average Bonchev–Trinajstić information content (AvgIpc) is 2.88. The van der Waals surface area contributed by atoms with Gasteiger partial charge in [-0.25, -0.2) is 9.59 Å². The Morgan fingerprint density at radius 2 is 2.00 bits per heavy atom. The summed E-state index contributed by atoms with van der Waals surface area (Å²) in [5.41, 5.74) is 0. The summed E-state index contributed by atoms with van der Waals surface area (Å²) >= 11 is 0. The number of carbonyl (C=O) groups is 2. The average molecular weight is 284 g/mol. The lowest BCUT2D eigenvalue weighted by Crippen LogP contribution is -2.48. The molecule has 0 aromatic heterocycles. The lowest BCUT2D eigenvalue weighted by Gasteiger charge is -2.35. The van der Waals surface area contributed by atoms with Gasteiger partial charge >= 0.3 is 12.0 Å². The van der Waals surface area contributed by atoms with E-state index in [1.165, 1.54) is 0 Å². The summed E-state index contributed by atoms with van der Waals surface area (Å²) in [5, 5.41) is 11.7. The third-order valence-electron chi connectivity index (χ3n) is 4.49. The van der Waals surface area contributed by atoms with Crippen LogP contribution < -0.4 is 5.32 Å². The first-order chi connectivity index (χ1) is 9.47. The second kappa shape index (κ2) is 6.43. The lowest BCUT2D eigenvalue weighted by molar-refractivity contribution is -0.149. The number of nitrogens with one attached hydrogen (secondary N) is 1. The number of carbonyl (C=O) groups excluding carboxylic acids is 1. The number of aliphatic carboxylic acids is 1. The molecule has 4 unspecified atom stereocenters. The highest BCUT2D eigenvalue weighted by molar-refractivity contribution is 5.74. The molecule has 20 heavy (non-hydrogen) atoms. The molecule has 4 atom stereocenters. The zero-order valence-corrected chi connectivity index (χ0v) is 12.2. The number of hydrogen-bond acceptors (Lipinski definition) is 3. The minimum Gasteiger partial charge on any atom is -0.479 e. The maximum atomic E-state index is 12.1. The maximum Gasteiger partial charge on any atom is 0.332 e. The summed E-state index contributed by atoms with van der Waals surface area (Å²) in [5.74, 6) is 0.264. The van der Waals surface area contributed by atoms with Crippen molar-refractivity contribution in [2.45, 2.75) is 45.3 Å². The molecule has 2 rings (SSSR count). The summed E-state index contributed by atoms with van der Waals surface area (Å²) in [7, 11) is 0. The highest BCUT2D eigenvalue weighted by Crippen LogP contribution is 2.22. The number of hydrogen-bond donors (Lipinski definition) is 2. The Hall–Kier alpha value is -1.30. The summed E-state index contributed by atoms with van der Waals surface area (Å²) in [4.78, 5) is 24.7. The van der Waals surface area contributed by atoms with Crippen molar-refractivity contribution in [3.8, 4) is 0 Å². The summed E-state index contributed by atoms with van der Waals surface area (Å²) < 4.78 is 5.37. The number of carboxylic acid groups (broad SMARTS) is 1. The topological polar surface area (TPSA) is 78.9 Å². The number of nitrogens with zero attached hydrogens (tertiary/aromatic N) is 1. The Morgan fingerprint density at radius 1 is 1.25 bits per heavy atom. The van der Waals surface area contributed by atoms with Crippen molar-refractivity contribution >= 4 is 12.0 Å². The Kier molecular flexibility index (Phi) is 4.86. The van der Waals surface area contributed by atoms with Gasteiger partial charge in [-0.05, 0) is 31.1 Å². The first-order valence-corrected chi connectivity index (χ1v) is 7.38. The van der Waals surface area contributed by atoms with Gasteiger partial charge in [0.25, 0.3) is 0 Å². The van der Waals surface area contributed by atoms with E-state index < -0.39 is 12.1 Å². The Balaban J connectivity index is 1.72. The fourth-order valence-electron chi connectivity index (χ4n) is 2.80. The molecule has 2 heterocycles. The van der Waals surface area contributed by atoms with Crippen molar-refractivity contribution in [1.82, 2.24) is 10.2 Å². The monoisotopic (exact) mass is 284 g/mol. The van der Waals surface area contributed by atoms with E-state index in [9.17, 15) is 9.59 Å². The molecule has 0 spiro atoms. The Labute approximate surface area is 119 Å². The van der Waals surface area contributed by atoms with E-state index >= 15 is 0 Å². The van der Waals surface area contributed by atoms with Crippen molar-refractivity contribution in [2.75, 3.05) is 19.6 Å². The molecule has 2 amide bonds. The quantitative estimate of drug-likeness (QED) is 0.819. The largest absolute Gasteiger partial charge is 0.479 e. The van der Waals surface area contributed by atoms with Gasteiger partial charge in [0, 0.05) is 19.6 Å². The Bertz CT molecular complexity index is 374. The van der Waals surface area contributed by atoms with Gasteiger partial charge in [-0.2, -0.15) is 0 Å². The van der Waals surface area contributed by atoms with E-state index in [1.807, 2.05) is 4.90 Å². The van der Waals surface area contributed by atoms with Crippen LogP contribution >= 0.6 is 0 Å². The fourth-order valence-corrected chi connectivity index (χ4v) is 2.80. The number of likely N-dealkylation sites (tertiary alicyclic amines) is 1. The number of rotatable bonds is 3. The molecule has 6 nitrogen and oxygen atoms in total. The van der Waals surface area contributed by atoms with Gasteiger partial charge < -0.3 is 20.1 Å². The maximum absolute atomic E-state index is 12.1. The Morgan fingerprint density at radius 3 is 2.60 bits per heavy atom. The van der Waals surface area contributed by atoms with Crippen LogP contribution in [0, 0.1) is 11.8 Å². The fraction of sp³-hybridized carbons (Fsp3) is 0.857. The van der Waals surface area contributed by atoms with Gasteiger partial charge in [0.05, 0.1) is 6.10 Å². The van der Waals surface area contributed by atoms with E-state index in [4.69, 9.17) is 9.84 Å². The molecule has 2 fully saturated rings. The van der Waals surface area contributed by atoms with Crippen LogP contribution in [-0.2, 0) is 9.53 Å². The molecule has 0 radical (unpaired) electrons. The van der Waals surface area contributed by atoms with Gasteiger partial charge in [-0.3, -0.25) is 0 Å². The standard InChI is InChI=1S/C14H24N2O4/c1-9-5-6-16(8-10(9)2)14(19)15-7-11-3-4-12(20-11)13(17)18/h9-12H,3-8H2,1-2H3,(H,15,19)(H,17,18). The molecule has 2 aliphatic heterocycles. The van der Waals surface area contributed by atoms with Crippen LogP contribution in [0.15, 0.2) is 0 Å². The minimum atomic E-state index is -0.919. The van der Waals surface area contributed by atoms with E-state index in [0.717, 1.165) is 19.5 Å². The zero-order chi connectivity index (χ0) is 14.7. The third-order valence-corrected chi connectivity index (χ3v) is 4.49. The van der Waals surface area contributed by atoms with Gasteiger partial charge in [-0.15, -0.1) is 0 Å². The molecule has 114 valence electrons. The number of carboxylic acids is 1. The summed E-state index contributed by atoms with van der Waals surface area (Å²) in [6.07, 6.45) is 1.35. The van der Waals surface area contributed by atoms with Crippen LogP contribution in [0.5, 0.6) is 0 Å². The zero-order valence-electron chi connectivity index (χ0n) is 12.2. The highest BCUT2D eigenvalue weighted by Gasteiger charge is 2.31. The summed E-state index contributed by atoms with van der Waals surface area (Å²) in [6.45, 7) is 6.36. The molecule has 2 saturated heterocycles. The molecule has 0 bridgehead atoms. The minimum absolute atomic E-state index is 0.0638. The SMILES string of the molecule is CC1CCN(C(=O)NCC2CCC(C(=O)O)O2)CC1C. The van der Waals surface area contributed by atoms with Gasteiger partial charge in [-0.1, -0.05) is 13.8 Å². The molecular formula is C14H24N2O4. The molecule has 0 aromatic rings. The van der Waals surface area contributed by atoms with Crippen LogP contribution in [-0.4, -0.2) is 53.8 Å². The molecule has 0 aromatic carbocycles. The number of amides is 2. The van der Waals surface area contributed by atoms with Crippen LogP contribution in [0.2, 0.25) is 0 Å². The lowest BCUT2D eigenvalue weighted by atomic mass is 9.89. The highest BCUT2D eigenvalue weighted by atomic mass is 16.5. The first-order valence-electron chi connectivity index (χ1n) is 7.38. The van der Waals surface area contributed by atoms with Crippen molar-refractivity contribution in [3.05, 3.63) is 0 Å². The number of piperidine rings is 1. The second-order valence-electron chi connectivity index (χ2n) is 6.04. The van der Waals surface area contributed by atoms with E-state index in [0.29, 0.717) is 31.2 Å². The van der Waals surface area contributed by atoms with Crippen LogP contribution in [0.3, 0.4) is 0 Å². The molecule has 0 aliphatic carbocycles. The van der Waals surface area contributed by atoms with Gasteiger partial charge in [0.2, 0.25) is 0 Å². The predicted molar refractivity (Wildman–Crippen MR) is 73.4 cm³/mol. The van der Waals surface area contributed by atoms with Crippen LogP contribution in [0.1, 0.15) is 33.1 Å². The smallest absolute Gasteiger partial charge is 0.332 e.